The van der Waals surface area contributed by atoms with Crippen molar-refractivity contribution in [2.45, 2.75) is 0 Å². The Bertz CT molecular complexity index is 696. The molecule has 0 saturated heterocycles. The van der Waals surface area contributed by atoms with E-state index in [2.05, 4.69) is 5.32 Å². The third-order valence-electron chi connectivity index (χ3n) is 2.61. The summed E-state index contributed by atoms with van der Waals surface area (Å²) in [6.07, 6.45) is 2.47. The average Bonchev–Trinajstić information content (AvgIpc) is 2.43. The van der Waals surface area contributed by atoms with Gasteiger partial charge in [0.05, 0.1) is 20.8 Å². The molecule has 2 nitrogen and oxygen atoms in total. The summed E-state index contributed by atoms with van der Waals surface area (Å²) in [6, 6.07) is 9.15. The molecule has 0 radical (unpaired) electrons. The van der Waals surface area contributed by atoms with Gasteiger partial charge in [-0.15, -0.1) is 0 Å². The summed E-state index contributed by atoms with van der Waals surface area (Å²) in [5.41, 5.74) is 0.518. The fraction of sp³-hybridized carbons (Fsp3) is 0. The molecule has 0 spiro atoms. The first-order chi connectivity index (χ1) is 9.99. The van der Waals surface area contributed by atoms with Gasteiger partial charge in [-0.25, -0.2) is 4.39 Å². The minimum absolute atomic E-state index is 0.145. The lowest BCUT2D eigenvalue weighted by Gasteiger charge is -2.06. The van der Waals surface area contributed by atoms with Crippen LogP contribution in [0.2, 0.25) is 15.1 Å². The highest BCUT2D eigenvalue weighted by molar-refractivity contribution is 6.44. The summed E-state index contributed by atoms with van der Waals surface area (Å²) in [4.78, 5) is 11.8. The Balaban J connectivity index is 2.15. The molecule has 1 N–H and O–H groups in total. The molecule has 0 atom stereocenters. The number of anilines is 1. The van der Waals surface area contributed by atoms with E-state index in [1.165, 1.54) is 30.4 Å². The van der Waals surface area contributed by atoms with Crippen molar-refractivity contribution in [3.63, 3.8) is 0 Å². The maximum atomic E-state index is 13.5. The van der Waals surface area contributed by atoms with Crippen LogP contribution in [0.5, 0.6) is 0 Å². The monoisotopic (exact) mass is 343 g/mol. The van der Waals surface area contributed by atoms with Crippen LogP contribution in [0.1, 0.15) is 5.56 Å². The van der Waals surface area contributed by atoms with Crippen LogP contribution in [0.3, 0.4) is 0 Å². The molecule has 2 aromatic carbocycles. The summed E-state index contributed by atoms with van der Waals surface area (Å²) < 4.78 is 13.5. The predicted octanol–water partition coefficient (Wildman–Crippen LogP) is 5.44. The van der Waals surface area contributed by atoms with E-state index in [-0.39, 0.29) is 15.6 Å². The zero-order chi connectivity index (χ0) is 15.4. The van der Waals surface area contributed by atoms with Gasteiger partial charge in [0.2, 0.25) is 5.91 Å². The second-order valence-electron chi connectivity index (χ2n) is 4.06. The number of carbonyl (C=O) groups is 1. The molecule has 2 rings (SSSR count). The Kier molecular flexibility index (Phi) is 5.23. The number of hydrogen-bond acceptors (Lipinski definition) is 1. The first-order valence-electron chi connectivity index (χ1n) is 5.86. The highest BCUT2D eigenvalue weighted by Gasteiger charge is 2.07. The van der Waals surface area contributed by atoms with E-state index in [4.69, 9.17) is 34.8 Å². The largest absolute Gasteiger partial charge is 0.321 e. The SMILES string of the molecule is O=C(C=Cc1c(F)cccc1Cl)Nc1cccc(Cl)c1Cl. The molecule has 1 amide bonds. The third kappa shape index (κ3) is 3.97. The van der Waals surface area contributed by atoms with E-state index in [0.29, 0.717) is 10.7 Å². The molecule has 0 aromatic heterocycles. The van der Waals surface area contributed by atoms with Crippen LogP contribution in [0.25, 0.3) is 6.08 Å². The van der Waals surface area contributed by atoms with Crippen molar-refractivity contribution in [1.29, 1.82) is 0 Å². The van der Waals surface area contributed by atoms with Crippen LogP contribution < -0.4 is 5.32 Å². The molecule has 0 aliphatic rings. The minimum atomic E-state index is -0.507. The zero-order valence-electron chi connectivity index (χ0n) is 10.5. The first-order valence-corrected chi connectivity index (χ1v) is 6.99. The second-order valence-corrected chi connectivity index (χ2v) is 5.25. The zero-order valence-corrected chi connectivity index (χ0v) is 12.8. The van der Waals surface area contributed by atoms with Gasteiger partial charge in [-0.05, 0) is 30.3 Å². The Labute approximate surface area is 136 Å². The summed E-state index contributed by atoms with van der Waals surface area (Å²) in [5.74, 6) is -0.981. The maximum Gasteiger partial charge on any atom is 0.248 e. The minimum Gasteiger partial charge on any atom is -0.321 e. The van der Waals surface area contributed by atoms with Crippen molar-refractivity contribution in [2.75, 3.05) is 5.32 Å². The molecule has 0 aliphatic carbocycles. The predicted molar refractivity (Wildman–Crippen MR) is 85.5 cm³/mol. The van der Waals surface area contributed by atoms with Gasteiger partial charge in [-0.1, -0.05) is 46.9 Å². The fourth-order valence-corrected chi connectivity index (χ4v) is 2.18. The number of nitrogens with one attached hydrogen (secondary N) is 1. The molecule has 0 heterocycles. The Hall–Kier alpha value is -1.55. The molecule has 0 saturated carbocycles. The molecule has 0 fully saturated rings. The van der Waals surface area contributed by atoms with Gasteiger partial charge in [0.15, 0.2) is 0 Å². The van der Waals surface area contributed by atoms with Crippen LogP contribution in [0, 0.1) is 5.82 Å². The number of rotatable bonds is 3. The van der Waals surface area contributed by atoms with Crippen molar-refractivity contribution in [3.8, 4) is 0 Å². The van der Waals surface area contributed by atoms with Gasteiger partial charge in [0, 0.05) is 11.6 Å². The topological polar surface area (TPSA) is 29.1 Å². The average molecular weight is 345 g/mol. The Morgan fingerprint density at radius 3 is 2.43 bits per heavy atom. The highest BCUT2D eigenvalue weighted by Crippen LogP contribution is 2.29. The van der Waals surface area contributed by atoms with E-state index in [1.807, 2.05) is 0 Å². The van der Waals surface area contributed by atoms with Gasteiger partial charge >= 0.3 is 0 Å². The lowest BCUT2D eigenvalue weighted by atomic mass is 10.2. The number of amides is 1. The smallest absolute Gasteiger partial charge is 0.248 e. The molecular formula is C15H9Cl3FNO. The van der Waals surface area contributed by atoms with Gasteiger partial charge in [0.25, 0.3) is 0 Å². The summed E-state index contributed by atoms with van der Waals surface area (Å²) in [5, 5.41) is 3.34. The van der Waals surface area contributed by atoms with Crippen LogP contribution >= 0.6 is 34.8 Å². The number of benzene rings is 2. The standard InChI is InChI=1S/C15H9Cl3FNO/c16-10-3-1-5-12(19)9(10)7-8-14(21)20-13-6-2-4-11(17)15(13)18/h1-8H,(H,20,21). The number of halogens is 4. The maximum absolute atomic E-state index is 13.5. The van der Waals surface area contributed by atoms with Crippen molar-refractivity contribution in [1.82, 2.24) is 0 Å². The summed E-state index contributed by atoms with van der Waals surface area (Å²) in [7, 11) is 0. The van der Waals surface area contributed by atoms with Crippen molar-refractivity contribution in [3.05, 3.63) is 68.9 Å². The highest BCUT2D eigenvalue weighted by atomic mass is 35.5. The molecule has 0 bridgehead atoms. The lowest BCUT2D eigenvalue weighted by molar-refractivity contribution is -0.111. The van der Waals surface area contributed by atoms with Crippen molar-refractivity contribution >= 4 is 52.5 Å². The van der Waals surface area contributed by atoms with E-state index >= 15 is 0 Å². The van der Waals surface area contributed by atoms with Crippen LogP contribution in [-0.4, -0.2) is 5.91 Å². The van der Waals surface area contributed by atoms with Gasteiger partial charge in [-0.2, -0.15) is 0 Å². The summed E-state index contributed by atoms with van der Waals surface area (Å²) >= 11 is 17.7. The van der Waals surface area contributed by atoms with Gasteiger partial charge in [-0.3, -0.25) is 4.79 Å². The second kappa shape index (κ2) is 6.94. The van der Waals surface area contributed by atoms with E-state index < -0.39 is 11.7 Å². The van der Waals surface area contributed by atoms with Gasteiger partial charge in [0.1, 0.15) is 5.82 Å². The molecule has 6 heteroatoms. The molecule has 0 aliphatic heterocycles. The quantitative estimate of drug-likeness (QED) is 0.738. The van der Waals surface area contributed by atoms with E-state index in [0.717, 1.165) is 0 Å². The first kappa shape index (κ1) is 15.8. The summed E-state index contributed by atoms with van der Waals surface area (Å²) in [6.45, 7) is 0. The molecule has 108 valence electrons. The third-order valence-corrected chi connectivity index (χ3v) is 3.76. The van der Waals surface area contributed by atoms with Crippen LogP contribution in [0.15, 0.2) is 42.5 Å². The number of hydrogen-bond donors (Lipinski definition) is 1. The normalized spacial score (nSPS) is 10.9. The van der Waals surface area contributed by atoms with Gasteiger partial charge < -0.3 is 5.32 Å². The Morgan fingerprint density at radius 2 is 1.71 bits per heavy atom. The van der Waals surface area contributed by atoms with Crippen LogP contribution in [0.4, 0.5) is 10.1 Å². The molecular weight excluding hydrogens is 336 g/mol. The van der Waals surface area contributed by atoms with Crippen molar-refractivity contribution in [2.24, 2.45) is 0 Å². The molecule has 0 unspecified atom stereocenters. The van der Waals surface area contributed by atoms with E-state index in [9.17, 15) is 9.18 Å². The van der Waals surface area contributed by atoms with E-state index in [1.54, 1.807) is 18.2 Å². The lowest BCUT2D eigenvalue weighted by Crippen LogP contribution is -2.08. The Morgan fingerprint density at radius 1 is 1.05 bits per heavy atom. The number of carbonyl (C=O) groups excluding carboxylic acids is 1. The van der Waals surface area contributed by atoms with Crippen LogP contribution in [-0.2, 0) is 4.79 Å². The fourth-order valence-electron chi connectivity index (χ4n) is 1.60. The van der Waals surface area contributed by atoms with Crippen molar-refractivity contribution < 1.29 is 9.18 Å². The molecule has 21 heavy (non-hydrogen) atoms. The molecule has 2 aromatic rings.